The first-order chi connectivity index (χ1) is 7.20. The van der Waals surface area contributed by atoms with E-state index >= 15 is 0 Å². The fourth-order valence-electron chi connectivity index (χ4n) is 2.03. The van der Waals surface area contributed by atoms with Gasteiger partial charge in [0.2, 0.25) is 0 Å². The topological polar surface area (TPSA) is 46.5 Å². The van der Waals surface area contributed by atoms with Crippen LogP contribution in [0, 0.1) is 5.92 Å². The highest BCUT2D eigenvalue weighted by Gasteiger charge is 2.28. The fraction of sp³-hybridized carbons (Fsp3) is 0.583. The predicted molar refractivity (Wildman–Crippen MR) is 58.4 cm³/mol. The van der Waals surface area contributed by atoms with Crippen molar-refractivity contribution in [2.75, 3.05) is 7.11 Å². The van der Waals surface area contributed by atoms with Gasteiger partial charge in [-0.1, -0.05) is 6.08 Å². The maximum atomic E-state index is 11.5. The molecule has 0 aromatic heterocycles. The lowest BCUT2D eigenvalue weighted by Crippen LogP contribution is -2.20. The molecule has 0 aliphatic heterocycles. The van der Waals surface area contributed by atoms with Crippen LogP contribution in [-0.2, 0) is 9.53 Å². The van der Waals surface area contributed by atoms with Crippen molar-refractivity contribution in [3.63, 3.8) is 0 Å². The molecule has 0 radical (unpaired) electrons. The Balaban J connectivity index is 2.80. The van der Waals surface area contributed by atoms with E-state index in [4.69, 9.17) is 0 Å². The van der Waals surface area contributed by atoms with E-state index in [0.717, 1.165) is 25.7 Å². The summed E-state index contributed by atoms with van der Waals surface area (Å²) in [7, 11) is 1.35. The highest BCUT2D eigenvalue weighted by Crippen LogP contribution is 2.32. The van der Waals surface area contributed by atoms with Crippen molar-refractivity contribution in [1.29, 1.82) is 0 Å². The van der Waals surface area contributed by atoms with Gasteiger partial charge in [-0.3, -0.25) is 0 Å². The van der Waals surface area contributed by atoms with E-state index in [9.17, 15) is 9.90 Å². The van der Waals surface area contributed by atoms with Gasteiger partial charge in [-0.15, -0.1) is 6.58 Å². The number of aliphatic hydroxyl groups excluding tert-OH is 1. The van der Waals surface area contributed by atoms with Crippen molar-refractivity contribution in [1.82, 2.24) is 0 Å². The van der Waals surface area contributed by atoms with Gasteiger partial charge in [0.15, 0.2) is 0 Å². The van der Waals surface area contributed by atoms with Gasteiger partial charge in [0, 0.05) is 6.42 Å². The molecular weight excluding hydrogens is 192 g/mol. The van der Waals surface area contributed by atoms with Crippen LogP contribution in [0.15, 0.2) is 24.0 Å². The Bertz CT molecular complexity index is 279. The zero-order valence-electron chi connectivity index (χ0n) is 9.16. The Morgan fingerprint density at radius 3 is 3.07 bits per heavy atom. The summed E-state index contributed by atoms with van der Waals surface area (Å²) in [6.07, 6.45) is 6.03. The molecule has 0 aromatic carbocycles. The van der Waals surface area contributed by atoms with E-state index in [1.54, 1.807) is 0 Å². The molecule has 0 saturated heterocycles. The third-order valence-corrected chi connectivity index (χ3v) is 2.81. The first-order valence-corrected chi connectivity index (χ1v) is 5.32. The average molecular weight is 210 g/mol. The standard InChI is InChI=1S/C12H18O3/c1-3-4-6-9-7-5-8-10(13)11(9)12(14)15-2/h3,9,13H,1,4-8H2,2H3. The van der Waals surface area contributed by atoms with Gasteiger partial charge in [-0.2, -0.15) is 0 Å². The summed E-state index contributed by atoms with van der Waals surface area (Å²) < 4.78 is 4.69. The summed E-state index contributed by atoms with van der Waals surface area (Å²) in [5.74, 6) is -0.0485. The lowest BCUT2D eigenvalue weighted by molar-refractivity contribution is -0.137. The van der Waals surface area contributed by atoms with E-state index in [1.807, 2.05) is 6.08 Å². The molecule has 0 fully saturated rings. The quantitative estimate of drug-likeness (QED) is 0.573. The second kappa shape index (κ2) is 5.59. The van der Waals surface area contributed by atoms with Crippen molar-refractivity contribution >= 4 is 5.97 Å². The Hall–Kier alpha value is -1.25. The van der Waals surface area contributed by atoms with Crippen LogP contribution in [0.2, 0.25) is 0 Å². The molecule has 0 heterocycles. The number of hydrogen-bond donors (Lipinski definition) is 1. The van der Waals surface area contributed by atoms with E-state index in [1.165, 1.54) is 7.11 Å². The third kappa shape index (κ3) is 2.85. The minimum atomic E-state index is -0.388. The highest BCUT2D eigenvalue weighted by molar-refractivity contribution is 5.89. The minimum Gasteiger partial charge on any atom is -0.512 e. The summed E-state index contributed by atoms with van der Waals surface area (Å²) in [5.41, 5.74) is 0.477. The molecule has 1 aliphatic carbocycles. The zero-order valence-corrected chi connectivity index (χ0v) is 9.16. The molecule has 0 aromatic rings. The van der Waals surface area contributed by atoms with Crippen LogP contribution in [0.1, 0.15) is 32.1 Å². The van der Waals surface area contributed by atoms with Crippen LogP contribution >= 0.6 is 0 Å². The number of rotatable bonds is 4. The zero-order chi connectivity index (χ0) is 11.3. The molecule has 1 N–H and O–H groups in total. The van der Waals surface area contributed by atoms with Gasteiger partial charge in [0.1, 0.15) is 5.76 Å². The minimum absolute atomic E-state index is 0.129. The van der Waals surface area contributed by atoms with Crippen LogP contribution in [-0.4, -0.2) is 18.2 Å². The summed E-state index contributed by atoms with van der Waals surface area (Å²) in [6.45, 7) is 3.66. The van der Waals surface area contributed by atoms with E-state index in [-0.39, 0.29) is 17.6 Å². The SMILES string of the molecule is C=CCCC1CCCC(O)=C1C(=O)OC. The number of allylic oxidation sites excluding steroid dienone is 2. The second-order valence-corrected chi connectivity index (χ2v) is 3.81. The summed E-state index contributed by atoms with van der Waals surface area (Å²) in [5, 5.41) is 9.69. The van der Waals surface area contributed by atoms with Crippen molar-refractivity contribution < 1.29 is 14.6 Å². The van der Waals surface area contributed by atoms with Gasteiger partial charge in [-0.25, -0.2) is 4.79 Å². The van der Waals surface area contributed by atoms with Crippen molar-refractivity contribution in [3.8, 4) is 0 Å². The summed E-state index contributed by atoms with van der Waals surface area (Å²) in [6, 6.07) is 0. The first kappa shape index (κ1) is 11.8. The van der Waals surface area contributed by atoms with Crippen molar-refractivity contribution in [2.24, 2.45) is 5.92 Å². The van der Waals surface area contributed by atoms with Crippen LogP contribution in [0.5, 0.6) is 0 Å². The Labute approximate surface area is 90.4 Å². The Kier molecular flexibility index (Phi) is 4.40. The summed E-state index contributed by atoms with van der Waals surface area (Å²) in [4.78, 5) is 11.5. The number of carbonyl (C=O) groups excluding carboxylic acids is 1. The number of carbonyl (C=O) groups is 1. The monoisotopic (exact) mass is 210 g/mol. The van der Waals surface area contributed by atoms with Crippen molar-refractivity contribution in [2.45, 2.75) is 32.1 Å². The molecule has 3 heteroatoms. The van der Waals surface area contributed by atoms with Crippen LogP contribution < -0.4 is 0 Å². The van der Waals surface area contributed by atoms with Crippen LogP contribution in [0.4, 0.5) is 0 Å². The van der Waals surface area contributed by atoms with Gasteiger partial charge in [0.05, 0.1) is 12.7 Å². The molecule has 3 nitrogen and oxygen atoms in total. The van der Waals surface area contributed by atoms with Gasteiger partial charge >= 0.3 is 5.97 Å². The molecule has 0 amide bonds. The number of aliphatic hydroxyl groups is 1. The molecule has 84 valence electrons. The molecular formula is C12H18O3. The lowest BCUT2D eigenvalue weighted by Gasteiger charge is -2.23. The molecule has 1 unspecified atom stereocenters. The van der Waals surface area contributed by atoms with E-state index in [2.05, 4.69) is 11.3 Å². The number of methoxy groups -OCH3 is 1. The molecule has 1 rings (SSSR count). The molecule has 0 spiro atoms. The van der Waals surface area contributed by atoms with Crippen LogP contribution in [0.25, 0.3) is 0 Å². The molecule has 1 atom stereocenters. The van der Waals surface area contributed by atoms with E-state index < -0.39 is 0 Å². The van der Waals surface area contributed by atoms with Gasteiger partial charge in [0.25, 0.3) is 0 Å². The van der Waals surface area contributed by atoms with Gasteiger partial charge in [-0.05, 0) is 31.6 Å². The van der Waals surface area contributed by atoms with Crippen LogP contribution in [0.3, 0.4) is 0 Å². The largest absolute Gasteiger partial charge is 0.512 e. The maximum Gasteiger partial charge on any atom is 0.337 e. The van der Waals surface area contributed by atoms with E-state index in [0.29, 0.717) is 12.0 Å². The Morgan fingerprint density at radius 2 is 2.47 bits per heavy atom. The highest BCUT2D eigenvalue weighted by atomic mass is 16.5. The fourth-order valence-corrected chi connectivity index (χ4v) is 2.03. The average Bonchev–Trinajstić information content (AvgIpc) is 2.25. The van der Waals surface area contributed by atoms with Gasteiger partial charge < -0.3 is 9.84 Å². The second-order valence-electron chi connectivity index (χ2n) is 3.81. The molecule has 1 aliphatic rings. The maximum absolute atomic E-state index is 11.5. The van der Waals surface area contributed by atoms with Crippen molar-refractivity contribution in [3.05, 3.63) is 24.0 Å². The normalized spacial score (nSPS) is 21.3. The number of esters is 1. The Morgan fingerprint density at radius 1 is 1.73 bits per heavy atom. The lowest BCUT2D eigenvalue weighted by atomic mass is 9.83. The molecule has 0 saturated carbocycles. The number of hydrogen-bond acceptors (Lipinski definition) is 3. The third-order valence-electron chi connectivity index (χ3n) is 2.81. The number of ether oxygens (including phenoxy) is 1. The first-order valence-electron chi connectivity index (χ1n) is 5.32. The summed E-state index contributed by atoms with van der Waals surface area (Å²) >= 11 is 0. The smallest absolute Gasteiger partial charge is 0.337 e. The molecule has 15 heavy (non-hydrogen) atoms. The molecule has 0 bridgehead atoms. The predicted octanol–water partition coefficient (Wildman–Crippen LogP) is 2.74.